The van der Waals surface area contributed by atoms with E-state index in [-0.39, 0.29) is 24.0 Å². The molecular formula is C17H23ClIN5O. The Kier molecular flexibility index (Phi) is 7.83. The Morgan fingerprint density at radius 2 is 2.32 bits per heavy atom. The predicted octanol–water partition coefficient (Wildman–Crippen LogP) is 2.93. The summed E-state index contributed by atoms with van der Waals surface area (Å²) < 4.78 is 5.33. The van der Waals surface area contributed by atoms with E-state index < -0.39 is 0 Å². The lowest BCUT2D eigenvalue weighted by Gasteiger charge is -2.20. The first-order chi connectivity index (χ1) is 11.8. The quantitative estimate of drug-likeness (QED) is 0.395. The van der Waals surface area contributed by atoms with Crippen LogP contribution in [0.2, 0.25) is 5.02 Å². The van der Waals surface area contributed by atoms with Crippen LogP contribution in [-0.2, 0) is 6.42 Å². The molecule has 1 unspecified atom stereocenters. The van der Waals surface area contributed by atoms with Crippen molar-refractivity contribution in [3.8, 4) is 0 Å². The van der Waals surface area contributed by atoms with Crippen LogP contribution in [0.4, 0.5) is 5.82 Å². The van der Waals surface area contributed by atoms with Crippen molar-refractivity contribution in [2.24, 2.45) is 4.99 Å². The van der Waals surface area contributed by atoms with Crippen molar-refractivity contribution in [3.63, 3.8) is 0 Å². The summed E-state index contributed by atoms with van der Waals surface area (Å²) >= 11 is 6.23. The molecule has 0 spiro atoms. The maximum Gasteiger partial charge on any atom is 0.191 e. The van der Waals surface area contributed by atoms with Gasteiger partial charge < -0.3 is 20.0 Å². The Morgan fingerprint density at radius 3 is 3.04 bits per heavy atom. The number of rotatable bonds is 5. The number of hydrogen-bond donors (Lipinski definition) is 2. The molecule has 6 nitrogen and oxygen atoms in total. The summed E-state index contributed by atoms with van der Waals surface area (Å²) in [5, 5.41) is 7.47. The van der Waals surface area contributed by atoms with Gasteiger partial charge in [-0.1, -0.05) is 11.6 Å². The molecule has 1 saturated heterocycles. The second-order valence-electron chi connectivity index (χ2n) is 5.71. The van der Waals surface area contributed by atoms with Crippen molar-refractivity contribution < 1.29 is 4.42 Å². The van der Waals surface area contributed by atoms with Crippen molar-refractivity contribution >= 4 is 47.4 Å². The fraction of sp³-hybridized carbons (Fsp3) is 0.412. The Morgan fingerprint density at radius 1 is 1.44 bits per heavy atom. The Balaban J connectivity index is 0.00000225. The van der Waals surface area contributed by atoms with Gasteiger partial charge in [-0.2, -0.15) is 0 Å². The summed E-state index contributed by atoms with van der Waals surface area (Å²) in [5.74, 6) is 2.62. The molecule has 1 fully saturated rings. The molecule has 0 bridgehead atoms. The zero-order chi connectivity index (χ0) is 16.8. The zero-order valence-electron chi connectivity index (χ0n) is 14.1. The number of nitrogens with zero attached hydrogens (tertiary/aromatic N) is 3. The molecule has 2 aromatic rings. The van der Waals surface area contributed by atoms with Gasteiger partial charge in [0.15, 0.2) is 5.96 Å². The van der Waals surface area contributed by atoms with Gasteiger partial charge in [0.2, 0.25) is 0 Å². The average Bonchev–Trinajstić information content (AvgIpc) is 3.26. The van der Waals surface area contributed by atoms with E-state index >= 15 is 0 Å². The van der Waals surface area contributed by atoms with E-state index in [9.17, 15) is 0 Å². The average molecular weight is 476 g/mol. The molecule has 1 atom stereocenters. The molecule has 1 aliphatic rings. The van der Waals surface area contributed by atoms with E-state index in [1.165, 1.54) is 0 Å². The van der Waals surface area contributed by atoms with Crippen LogP contribution in [0.25, 0.3) is 0 Å². The molecule has 3 rings (SSSR count). The van der Waals surface area contributed by atoms with E-state index in [1.807, 2.05) is 24.3 Å². The van der Waals surface area contributed by atoms with Crippen molar-refractivity contribution in [3.05, 3.63) is 47.5 Å². The van der Waals surface area contributed by atoms with Crippen LogP contribution in [0.5, 0.6) is 0 Å². The minimum Gasteiger partial charge on any atom is -0.469 e. The first kappa shape index (κ1) is 19.8. The number of furan rings is 1. The van der Waals surface area contributed by atoms with Crippen LogP contribution in [0.3, 0.4) is 0 Å². The number of halogens is 2. The minimum atomic E-state index is 0. The van der Waals surface area contributed by atoms with Gasteiger partial charge in [0.05, 0.1) is 11.3 Å². The molecule has 0 aromatic carbocycles. The molecular weight excluding hydrogens is 453 g/mol. The van der Waals surface area contributed by atoms with Crippen LogP contribution in [-0.4, -0.2) is 43.7 Å². The van der Waals surface area contributed by atoms with E-state index in [0.717, 1.165) is 50.0 Å². The fourth-order valence-corrected chi connectivity index (χ4v) is 3.07. The van der Waals surface area contributed by atoms with E-state index in [1.54, 1.807) is 19.5 Å². The van der Waals surface area contributed by atoms with Crippen molar-refractivity contribution in [1.29, 1.82) is 0 Å². The van der Waals surface area contributed by atoms with Crippen LogP contribution in [0.1, 0.15) is 12.2 Å². The Labute approximate surface area is 170 Å². The summed E-state index contributed by atoms with van der Waals surface area (Å²) in [6.45, 7) is 2.56. The number of nitrogens with one attached hydrogen (secondary N) is 2. The molecule has 25 heavy (non-hydrogen) atoms. The first-order valence-corrected chi connectivity index (χ1v) is 8.49. The summed E-state index contributed by atoms with van der Waals surface area (Å²) in [7, 11) is 1.78. The number of anilines is 1. The number of hydrogen-bond acceptors (Lipinski definition) is 4. The first-order valence-electron chi connectivity index (χ1n) is 8.11. The summed E-state index contributed by atoms with van der Waals surface area (Å²) in [6, 6.07) is 7.92. The number of guanidine groups is 1. The summed E-state index contributed by atoms with van der Waals surface area (Å²) in [6.07, 6.45) is 5.31. The highest BCUT2D eigenvalue weighted by Gasteiger charge is 2.25. The van der Waals surface area contributed by atoms with Crippen LogP contribution < -0.4 is 15.5 Å². The lowest BCUT2D eigenvalue weighted by molar-refractivity contribution is 0.506. The third-order valence-corrected chi connectivity index (χ3v) is 4.33. The summed E-state index contributed by atoms with van der Waals surface area (Å²) in [5.41, 5.74) is 0. The Hall–Kier alpha value is -1.48. The Bertz CT molecular complexity index is 679. The smallest absolute Gasteiger partial charge is 0.191 e. The topological polar surface area (TPSA) is 65.7 Å². The molecule has 0 radical (unpaired) electrons. The molecule has 0 saturated carbocycles. The maximum absolute atomic E-state index is 6.23. The monoisotopic (exact) mass is 475 g/mol. The normalized spacial score (nSPS) is 17.3. The van der Waals surface area contributed by atoms with Crippen LogP contribution in [0, 0.1) is 0 Å². The lowest BCUT2D eigenvalue weighted by atomic mass is 10.3. The minimum absolute atomic E-state index is 0. The predicted molar refractivity (Wildman–Crippen MR) is 112 cm³/mol. The number of aromatic nitrogens is 1. The van der Waals surface area contributed by atoms with Gasteiger partial charge >= 0.3 is 0 Å². The molecule has 136 valence electrons. The highest BCUT2D eigenvalue weighted by molar-refractivity contribution is 14.0. The lowest BCUT2D eigenvalue weighted by Crippen LogP contribution is -2.45. The summed E-state index contributed by atoms with van der Waals surface area (Å²) in [4.78, 5) is 10.9. The van der Waals surface area contributed by atoms with Crippen molar-refractivity contribution in [1.82, 2.24) is 15.6 Å². The standard InChI is InChI=1S/C17H22ClN5O.HI/c1-19-17(21-9-6-14-4-3-11-24-14)22-13-7-10-23(12-13)16-15(18)5-2-8-20-16;/h2-5,8,11,13H,6-7,9-10,12H2,1H3,(H2,19,21,22);1H. The molecule has 8 heteroatoms. The fourth-order valence-electron chi connectivity index (χ4n) is 2.83. The molecule has 1 aliphatic heterocycles. The maximum atomic E-state index is 6.23. The van der Waals surface area contributed by atoms with E-state index in [4.69, 9.17) is 16.0 Å². The molecule has 2 aromatic heterocycles. The third kappa shape index (κ3) is 5.50. The van der Waals surface area contributed by atoms with E-state index in [2.05, 4.69) is 25.5 Å². The zero-order valence-corrected chi connectivity index (χ0v) is 17.2. The number of aliphatic imine (C=N–C) groups is 1. The van der Waals surface area contributed by atoms with Gasteiger partial charge in [-0.15, -0.1) is 24.0 Å². The van der Waals surface area contributed by atoms with Gasteiger partial charge in [0, 0.05) is 45.3 Å². The largest absolute Gasteiger partial charge is 0.469 e. The molecule has 0 amide bonds. The van der Waals surface area contributed by atoms with Gasteiger partial charge in [-0.25, -0.2) is 4.98 Å². The second-order valence-corrected chi connectivity index (χ2v) is 6.12. The molecule has 2 N–H and O–H groups in total. The molecule has 3 heterocycles. The van der Waals surface area contributed by atoms with Crippen molar-refractivity contribution in [2.75, 3.05) is 31.6 Å². The van der Waals surface area contributed by atoms with Gasteiger partial charge in [0.25, 0.3) is 0 Å². The highest BCUT2D eigenvalue weighted by Crippen LogP contribution is 2.25. The van der Waals surface area contributed by atoms with Gasteiger partial charge in [0.1, 0.15) is 11.6 Å². The molecule has 0 aliphatic carbocycles. The second kappa shape index (κ2) is 9.86. The highest BCUT2D eigenvalue weighted by atomic mass is 127. The van der Waals surface area contributed by atoms with Crippen LogP contribution in [0.15, 0.2) is 46.1 Å². The van der Waals surface area contributed by atoms with Gasteiger partial charge in [-0.3, -0.25) is 4.99 Å². The van der Waals surface area contributed by atoms with Crippen molar-refractivity contribution in [2.45, 2.75) is 18.9 Å². The van der Waals surface area contributed by atoms with Gasteiger partial charge in [-0.05, 0) is 30.7 Å². The SMILES string of the molecule is CN=C(NCCc1ccco1)NC1CCN(c2ncccc2Cl)C1.I. The van der Waals surface area contributed by atoms with Crippen LogP contribution >= 0.6 is 35.6 Å². The van der Waals surface area contributed by atoms with E-state index in [0.29, 0.717) is 11.1 Å². The number of pyridine rings is 1. The third-order valence-electron chi connectivity index (χ3n) is 4.04.